The molecule has 4 heteroatoms. The van der Waals surface area contributed by atoms with E-state index in [1.807, 2.05) is 48.5 Å². The molecule has 1 amide bonds. The van der Waals surface area contributed by atoms with Gasteiger partial charge in [0, 0.05) is 18.1 Å². The molecule has 2 aromatic carbocycles. The number of carbonyl (C=O) groups is 1. The molecular weight excluding hydrogens is 286 g/mol. The summed E-state index contributed by atoms with van der Waals surface area (Å²) >= 11 is 6.18. The molecule has 0 aliphatic carbocycles. The predicted octanol–water partition coefficient (Wildman–Crippen LogP) is 4.03. The number of nitrogens with zero attached hydrogens (tertiary/aromatic N) is 1. The molecule has 0 fully saturated rings. The summed E-state index contributed by atoms with van der Waals surface area (Å²) in [5.41, 5.74) is 3.24. The molecule has 0 aromatic heterocycles. The summed E-state index contributed by atoms with van der Waals surface area (Å²) in [6, 6.07) is 15.5. The molecule has 0 radical (unpaired) electrons. The number of hydrogen-bond donors (Lipinski definition) is 0. The lowest BCUT2D eigenvalue weighted by atomic mass is 10.0. The highest BCUT2D eigenvalue weighted by molar-refractivity contribution is 6.31. The number of ether oxygens (including phenoxy) is 1. The Morgan fingerprint density at radius 3 is 2.76 bits per heavy atom. The van der Waals surface area contributed by atoms with E-state index in [2.05, 4.69) is 0 Å². The molecule has 2 aromatic rings. The second kappa shape index (κ2) is 6.19. The van der Waals surface area contributed by atoms with Crippen LogP contribution in [-0.4, -0.2) is 17.5 Å². The fourth-order valence-corrected chi connectivity index (χ4v) is 2.82. The minimum atomic E-state index is -0.274. The van der Waals surface area contributed by atoms with E-state index in [-0.39, 0.29) is 6.09 Å². The van der Waals surface area contributed by atoms with Crippen LogP contribution in [0.1, 0.15) is 16.7 Å². The van der Waals surface area contributed by atoms with Crippen LogP contribution in [0.3, 0.4) is 0 Å². The van der Waals surface area contributed by atoms with Crippen molar-refractivity contribution in [3.63, 3.8) is 0 Å². The van der Waals surface area contributed by atoms with E-state index in [1.54, 1.807) is 4.90 Å². The standard InChI is InChI=1S/C17H16ClNO2/c18-16-8-4-7-14-11-19(10-9-15(14)16)17(20)21-12-13-5-2-1-3-6-13/h1-8H,9-12H2. The summed E-state index contributed by atoms with van der Waals surface area (Å²) in [5.74, 6) is 0. The number of carbonyl (C=O) groups excluding carboxylic acids is 1. The Hall–Kier alpha value is -2.00. The van der Waals surface area contributed by atoms with Gasteiger partial charge in [-0.3, -0.25) is 0 Å². The van der Waals surface area contributed by atoms with Gasteiger partial charge in [0.1, 0.15) is 6.61 Å². The number of benzene rings is 2. The first-order chi connectivity index (χ1) is 10.2. The zero-order valence-corrected chi connectivity index (χ0v) is 12.3. The minimum Gasteiger partial charge on any atom is -0.445 e. The molecule has 0 bridgehead atoms. The van der Waals surface area contributed by atoms with E-state index >= 15 is 0 Å². The van der Waals surface area contributed by atoms with Crippen LogP contribution in [0.5, 0.6) is 0 Å². The van der Waals surface area contributed by atoms with Crippen LogP contribution in [0.2, 0.25) is 5.02 Å². The Morgan fingerprint density at radius 2 is 1.95 bits per heavy atom. The van der Waals surface area contributed by atoms with Gasteiger partial charge in [-0.05, 0) is 29.2 Å². The average molecular weight is 302 g/mol. The van der Waals surface area contributed by atoms with E-state index in [9.17, 15) is 4.79 Å². The minimum absolute atomic E-state index is 0.274. The lowest BCUT2D eigenvalue weighted by Crippen LogP contribution is -2.36. The molecule has 3 rings (SSSR count). The molecule has 0 unspecified atom stereocenters. The zero-order valence-electron chi connectivity index (χ0n) is 11.6. The highest BCUT2D eigenvalue weighted by atomic mass is 35.5. The van der Waals surface area contributed by atoms with Crippen molar-refractivity contribution in [1.82, 2.24) is 4.90 Å². The molecule has 0 atom stereocenters. The first kappa shape index (κ1) is 14.0. The maximum Gasteiger partial charge on any atom is 0.410 e. The van der Waals surface area contributed by atoms with Crippen molar-refractivity contribution in [3.8, 4) is 0 Å². The molecule has 0 saturated carbocycles. The van der Waals surface area contributed by atoms with Crippen molar-refractivity contribution in [2.75, 3.05) is 6.54 Å². The first-order valence-electron chi connectivity index (χ1n) is 6.96. The lowest BCUT2D eigenvalue weighted by molar-refractivity contribution is 0.0918. The molecule has 0 spiro atoms. The van der Waals surface area contributed by atoms with Crippen LogP contribution in [0.4, 0.5) is 4.79 Å². The topological polar surface area (TPSA) is 29.5 Å². The van der Waals surface area contributed by atoms with E-state index < -0.39 is 0 Å². The monoisotopic (exact) mass is 301 g/mol. The Balaban J connectivity index is 1.62. The molecule has 108 valence electrons. The summed E-state index contributed by atoms with van der Waals surface area (Å²) in [4.78, 5) is 13.9. The third-order valence-electron chi connectivity index (χ3n) is 3.67. The van der Waals surface area contributed by atoms with E-state index in [4.69, 9.17) is 16.3 Å². The highest BCUT2D eigenvalue weighted by Crippen LogP contribution is 2.26. The summed E-state index contributed by atoms with van der Waals surface area (Å²) < 4.78 is 5.37. The maximum absolute atomic E-state index is 12.1. The molecule has 0 N–H and O–H groups in total. The Morgan fingerprint density at radius 1 is 1.14 bits per heavy atom. The summed E-state index contributed by atoms with van der Waals surface area (Å²) in [7, 11) is 0. The van der Waals surface area contributed by atoms with Crippen LogP contribution in [-0.2, 0) is 24.3 Å². The van der Waals surface area contributed by atoms with Crippen molar-refractivity contribution >= 4 is 17.7 Å². The molecule has 1 aliphatic heterocycles. The summed E-state index contributed by atoms with van der Waals surface area (Å²) in [6.45, 7) is 1.51. The third kappa shape index (κ3) is 3.19. The van der Waals surface area contributed by atoms with E-state index in [0.717, 1.165) is 28.1 Å². The second-order valence-corrected chi connectivity index (χ2v) is 5.50. The van der Waals surface area contributed by atoms with Gasteiger partial charge in [-0.2, -0.15) is 0 Å². The SMILES string of the molecule is O=C(OCc1ccccc1)N1CCc2c(Cl)cccc2C1. The van der Waals surface area contributed by atoms with Crippen LogP contribution < -0.4 is 0 Å². The van der Waals surface area contributed by atoms with E-state index in [1.165, 1.54) is 0 Å². The maximum atomic E-state index is 12.1. The molecule has 1 aliphatic rings. The molecule has 3 nitrogen and oxygen atoms in total. The third-order valence-corrected chi connectivity index (χ3v) is 4.03. The smallest absolute Gasteiger partial charge is 0.410 e. The second-order valence-electron chi connectivity index (χ2n) is 5.09. The normalized spacial score (nSPS) is 13.7. The Kier molecular flexibility index (Phi) is 4.11. The molecular formula is C17H16ClNO2. The van der Waals surface area contributed by atoms with Crippen molar-refractivity contribution in [3.05, 3.63) is 70.2 Å². The van der Waals surface area contributed by atoms with Crippen molar-refractivity contribution in [2.45, 2.75) is 19.6 Å². The lowest BCUT2D eigenvalue weighted by Gasteiger charge is -2.28. The van der Waals surface area contributed by atoms with Crippen molar-refractivity contribution in [2.24, 2.45) is 0 Å². The number of rotatable bonds is 2. The number of halogens is 1. The van der Waals surface area contributed by atoms with Gasteiger partial charge in [-0.1, -0.05) is 54.1 Å². The van der Waals surface area contributed by atoms with Gasteiger partial charge >= 0.3 is 6.09 Å². The van der Waals surface area contributed by atoms with Crippen molar-refractivity contribution < 1.29 is 9.53 Å². The summed E-state index contributed by atoms with van der Waals surface area (Å²) in [5, 5.41) is 0.782. The molecule has 0 saturated heterocycles. The van der Waals surface area contributed by atoms with Crippen LogP contribution in [0.15, 0.2) is 48.5 Å². The Bertz CT molecular complexity index is 642. The van der Waals surface area contributed by atoms with Gasteiger partial charge in [-0.25, -0.2) is 4.79 Å². The summed E-state index contributed by atoms with van der Waals surface area (Å²) in [6.07, 6.45) is 0.500. The number of amides is 1. The molecule has 1 heterocycles. The largest absolute Gasteiger partial charge is 0.445 e. The van der Waals surface area contributed by atoms with Gasteiger partial charge in [0.2, 0.25) is 0 Å². The number of hydrogen-bond acceptors (Lipinski definition) is 2. The van der Waals surface area contributed by atoms with Crippen LogP contribution in [0.25, 0.3) is 0 Å². The first-order valence-corrected chi connectivity index (χ1v) is 7.34. The van der Waals surface area contributed by atoms with Gasteiger partial charge in [0.15, 0.2) is 0 Å². The van der Waals surface area contributed by atoms with Gasteiger partial charge in [-0.15, -0.1) is 0 Å². The number of fused-ring (bicyclic) bond motifs is 1. The van der Waals surface area contributed by atoms with E-state index in [0.29, 0.717) is 19.7 Å². The predicted molar refractivity (Wildman–Crippen MR) is 82.2 cm³/mol. The fourth-order valence-electron chi connectivity index (χ4n) is 2.53. The highest BCUT2D eigenvalue weighted by Gasteiger charge is 2.22. The van der Waals surface area contributed by atoms with Crippen LogP contribution >= 0.6 is 11.6 Å². The Labute approximate surface area is 129 Å². The van der Waals surface area contributed by atoms with Crippen molar-refractivity contribution in [1.29, 1.82) is 0 Å². The molecule has 21 heavy (non-hydrogen) atoms. The van der Waals surface area contributed by atoms with Gasteiger partial charge < -0.3 is 9.64 Å². The fraction of sp³-hybridized carbons (Fsp3) is 0.235. The zero-order chi connectivity index (χ0) is 14.7. The van der Waals surface area contributed by atoms with Crippen LogP contribution in [0, 0.1) is 0 Å². The average Bonchev–Trinajstić information content (AvgIpc) is 2.53. The van der Waals surface area contributed by atoms with Gasteiger partial charge in [0.05, 0.1) is 0 Å². The van der Waals surface area contributed by atoms with Gasteiger partial charge in [0.25, 0.3) is 0 Å². The quantitative estimate of drug-likeness (QED) is 0.838.